The van der Waals surface area contributed by atoms with Crippen molar-refractivity contribution in [3.63, 3.8) is 0 Å². The van der Waals surface area contributed by atoms with Crippen LogP contribution in [0.5, 0.6) is 0 Å². The van der Waals surface area contributed by atoms with Crippen molar-refractivity contribution < 1.29 is 4.79 Å². The summed E-state index contributed by atoms with van der Waals surface area (Å²) in [7, 11) is 0. The first-order valence-electron chi connectivity index (χ1n) is 7.92. The van der Waals surface area contributed by atoms with E-state index in [0.29, 0.717) is 17.6 Å². The van der Waals surface area contributed by atoms with Gasteiger partial charge in [0.25, 0.3) is 0 Å². The molecule has 1 fully saturated rings. The Morgan fingerprint density at radius 3 is 2.70 bits per heavy atom. The van der Waals surface area contributed by atoms with Gasteiger partial charge in [-0.1, -0.05) is 44.2 Å². The van der Waals surface area contributed by atoms with Gasteiger partial charge in [0.05, 0.1) is 0 Å². The first kappa shape index (κ1) is 12.4. The molecule has 4 rings (SSSR count). The Morgan fingerprint density at radius 1 is 1.20 bits per heavy atom. The highest BCUT2D eigenvalue weighted by Crippen LogP contribution is 2.58. The third-order valence-electron chi connectivity index (χ3n) is 5.77. The predicted octanol–water partition coefficient (Wildman–Crippen LogP) is 4.52. The highest BCUT2D eigenvalue weighted by atomic mass is 16.1. The first-order valence-corrected chi connectivity index (χ1v) is 7.92. The van der Waals surface area contributed by atoms with Gasteiger partial charge < -0.3 is 0 Å². The van der Waals surface area contributed by atoms with Crippen LogP contribution in [0.15, 0.2) is 30.4 Å². The lowest BCUT2D eigenvalue weighted by Crippen LogP contribution is -2.36. The maximum Gasteiger partial charge on any atom is 0.164 e. The topological polar surface area (TPSA) is 17.1 Å². The lowest BCUT2D eigenvalue weighted by atomic mass is 9.63. The number of rotatable bonds is 1. The van der Waals surface area contributed by atoms with E-state index in [-0.39, 0.29) is 5.41 Å². The standard InChI is InChI=1S/C19H22O/c1-12(2)16-5-3-4-14-10-19(11-17(20)18(14)16)9-13-6-7-15(19)8-13/h3-7,12-13,15H,8-11H2,1-2H3. The molecule has 0 radical (unpaired) electrons. The summed E-state index contributed by atoms with van der Waals surface area (Å²) in [5, 5.41) is 0. The molecule has 1 aromatic carbocycles. The van der Waals surface area contributed by atoms with Crippen molar-refractivity contribution in [1.82, 2.24) is 0 Å². The third-order valence-corrected chi connectivity index (χ3v) is 5.77. The van der Waals surface area contributed by atoms with Gasteiger partial charge in [-0.25, -0.2) is 0 Å². The zero-order valence-electron chi connectivity index (χ0n) is 12.4. The van der Waals surface area contributed by atoms with Crippen LogP contribution in [-0.4, -0.2) is 5.78 Å². The Hall–Kier alpha value is -1.37. The smallest absolute Gasteiger partial charge is 0.164 e. The van der Waals surface area contributed by atoms with Crippen molar-refractivity contribution in [1.29, 1.82) is 0 Å². The fourth-order valence-corrected chi connectivity index (χ4v) is 4.90. The molecule has 1 spiro atoms. The van der Waals surface area contributed by atoms with Gasteiger partial charge in [0.1, 0.15) is 0 Å². The van der Waals surface area contributed by atoms with Gasteiger partial charge in [0.15, 0.2) is 5.78 Å². The van der Waals surface area contributed by atoms with Crippen LogP contribution in [0.25, 0.3) is 0 Å². The Balaban J connectivity index is 1.80. The summed E-state index contributed by atoms with van der Waals surface area (Å²) in [5.41, 5.74) is 3.87. The molecule has 1 saturated carbocycles. The van der Waals surface area contributed by atoms with E-state index in [1.54, 1.807) is 0 Å². The van der Waals surface area contributed by atoms with Gasteiger partial charge in [-0.15, -0.1) is 0 Å². The number of carbonyl (C=O) groups is 1. The molecular formula is C19H22O. The molecule has 1 heteroatoms. The summed E-state index contributed by atoms with van der Waals surface area (Å²) in [6.07, 6.45) is 9.16. The summed E-state index contributed by atoms with van der Waals surface area (Å²) < 4.78 is 0. The van der Waals surface area contributed by atoms with E-state index in [1.807, 2.05) is 0 Å². The Kier molecular flexibility index (Phi) is 2.52. The van der Waals surface area contributed by atoms with E-state index in [9.17, 15) is 4.79 Å². The first-order chi connectivity index (χ1) is 9.59. The molecule has 20 heavy (non-hydrogen) atoms. The van der Waals surface area contributed by atoms with Crippen LogP contribution in [0, 0.1) is 17.3 Å². The number of carbonyl (C=O) groups excluding carboxylic acids is 1. The highest BCUT2D eigenvalue weighted by Gasteiger charge is 2.51. The Labute approximate surface area is 121 Å². The molecule has 0 amide bonds. The Morgan fingerprint density at radius 2 is 2.05 bits per heavy atom. The van der Waals surface area contributed by atoms with E-state index in [4.69, 9.17) is 0 Å². The zero-order valence-corrected chi connectivity index (χ0v) is 12.4. The fraction of sp³-hybridized carbons (Fsp3) is 0.526. The van der Waals surface area contributed by atoms with E-state index >= 15 is 0 Å². The van der Waals surface area contributed by atoms with E-state index in [0.717, 1.165) is 24.3 Å². The average Bonchev–Trinajstić information content (AvgIpc) is 2.98. The second kappa shape index (κ2) is 4.07. The normalized spacial score (nSPS) is 34.2. The number of fused-ring (bicyclic) bond motifs is 4. The minimum atomic E-state index is 0.249. The minimum Gasteiger partial charge on any atom is -0.294 e. The van der Waals surface area contributed by atoms with Crippen LogP contribution >= 0.6 is 0 Å². The maximum absolute atomic E-state index is 12.8. The quantitative estimate of drug-likeness (QED) is 0.683. The number of benzene rings is 1. The van der Waals surface area contributed by atoms with Crippen molar-refractivity contribution in [2.24, 2.45) is 17.3 Å². The Bertz CT molecular complexity index is 610. The summed E-state index contributed by atoms with van der Waals surface area (Å²) in [6, 6.07) is 6.47. The third kappa shape index (κ3) is 1.58. The molecule has 3 unspecified atom stereocenters. The van der Waals surface area contributed by atoms with E-state index in [2.05, 4.69) is 44.2 Å². The molecule has 1 nitrogen and oxygen atoms in total. The zero-order chi connectivity index (χ0) is 13.9. The van der Waals surface area contributed by atoms with E-state index in [1.165, 1.54) is 24.0 Å². The number of Topliss-reactive ketones (excluding diaryl/α,β-unsaturated/α-hetero) is 1. The van der Waals surface area contributed by atoms with Gasteiger partial charge in [-0.3, -0.25) is 4.79 Å². The van der Waals surface area contributed by atoms with Crippen molar-refractivity contribution in [2.45, 2.75) is 45.4 Å². The lowest BCUT2D eigenvalue weighted by Gasteiger charge is -2.40. The van der Waals surface area contributed by atoms with Crippen LogP contribution < -0.4 is 0 Å². The molecule has 0 N–H and O–H groups in total. The van der Waals surface area contributed by atoms with Crippen LogP contribution in [0.4, 0.5) is 0 Å². The summed E-state index contributed by atoms with van der Waals surface area (Å²) in [6.45, 7) is 4.38. The monoisotopic (exact) mass is 266 g/mol. The van der Waals surface area contributed by atoms with Crippen LogP contribution in [-0.2, 0) is 6.42 Å². The molecule has 3 atom stereocenters. The number of allylic oxidation sites excluding steroid dienone is 2. The predicted molar refractivity (Wildman–Crippen MR) is 81.0 cm³/mol. The largest absolute Gasteiger partial charge is 0.294 e. The summed E-state index contributed by atoms with van der Waals surface area (Å²) in [5.74, 6) is 2.22. The highest BCUT2D eigenvalue weighted by molar-refractivity contribution is 6.00. The minimum absolute atomic E-state index is 0.249. The average molecular weight is 266 g/mol. The van der Waals surface area contributed by atoms with Gasteiger partial charge in [0.2, 0.25) is 0 Å². The van der Waals surface area contributed by atoms with Gasteiger partial charge >= 0.3 is 0 Å². The van der Waals surface area contributed by atoms with Crippen LogP contribution in [0.1, 0.15) is 60.5 Å². The fourth-order valence-electron chi connectivity index (χ4n) is 4.90. The molecule has 2 bridgehead atoms. The number of ketones is 1. The maximum atomic E-state index is 12.8. The van der Waals surface area contributed by atoms with E-state index < -0.39 is 0 Å². The number of hydrogen-bond acceptors (Lipinski definition) is 1. The summed E-state index contributed by atoms with van der Waals surface area (Å²) >= 11 is 0. The van der Waals surface area contributed by atoms with Crippen LogP contribution in [0.3, 0.4) is 0 Å². The lowest BCUT2D eigenvalue weighted by molar-refractivity contribution is 0.0846. The molecular weight excluding hydrogens is 244 g/mol. The molecule has 104 valence electrons. The van der Waals surface area contributed by atoms with Crippen molar-refractivity contribution >= 4 is 5.78 Å². The molecule has 3 aliphatic carbocycles. The molecule has 0 heterocycles. The second-order valence-electron chi connectivity index (χ2n) is 7.37. The molecule has 0 aliphatic heterocycles. The van der Waals surface area contributed by atoms with Gasteiger partial charge in [-0.05, 0) is 53.6 Å². The van der Waals surface area contributed by atoms with Crippen molar-refractivity contribution in [3.8, 4) is 0 Å². The van der Waals surface area contributed by atoms with Crippen molar-refractivity contribution in [3.05, 3.63) is 47.0 Å². The SMILES string of the molecule is CC(C)c1cccc2c1C(=O)CC1(C2)CC2C=CC1C2. The summed E-state index contributed by atoms with van der Waals surface area (Å²) in [4.78, 5) is 12.8. The van der Waals surface area contributed by atoms with Crippen molar-refractivity contribution in [2.75, 3.05) is 0 Å². The molecule has 0 saturated heterocycles. The van der Waals surface area contributed by atoms with Crippen LogP contribution in [0.2, 0.25) is 0 Å². The van der Waals surface area contributed by atoms with Gasteiger partial charge in [-0.2, -0.15) is 0 Å². The molecule has 3 aliphatic rings. The second-order valence-corrected chi connectivity index (χ2v) is 7.37. The number of hydrogen-bond donors (Lipinski definition) is 0. The molecule has 0 aromatic heterocycles. The molecule has 1 aromatic rings. The van der Waals surface area contributed by atoms with Gasteiger partial charge in [0, 0.05) is 12.0 Å².